The topological polar surface area (TPSA) is 64.2 Å². The largest absolute Gasteiger partial charge is 0.341 e. The minimum atomic E-state index is -0.688. The quantitative estimate of drug-likeness (QED) is 0.496. The molecule has 1 aliphatic carbocycles. The molecule has 1 aromatic rings. The number of rotatable bonds is 6. The van der Waals surface area contributed by atoms with Crippen LogP contribution in [0.1, 0.15) is 83.6 Å². The van der Waals surface area contributed by atoms with Crippen LogP contribution in [-0.4, -0.2) is 88.3 Å². The molecule has 1 aromatic carbocycles. The van der Waals surface area contributed by atoms with Crippen molar-refractivity contribution in [3.63, 3.8) is 0 Å². The first kappa shape index (κ1) is 26.8. The lowest BCUT2D eigenvalue weighted by Crippen LogP contribution is -2.61. The average Bonchev–Trinajstić information content (AvgIpc) is 3.65. The SMILES string of the molecule is CC(C)CN1C(=O)N(C)C(=O)C12CC1CCC(C2)N1C[C@H]1CN(C(=O)C2(C)CCCC2)C[C@@H]1c1ccccc1. The van der Waals surface area contributed by atoms with Crippen molar-refractivity contribution in [2.24, 2.45) is 17.3 Å². The van der Waals surface area contributed by atoms with Gasteiger partial charge in [-0.05, 0) is 55.9 Å². The molecule has 4 atom stereocenters. The first-order valence-electron chi connectivity index (χ1n) is 15.3. The summed E-state index contributed by atoms with van der Waals surface area (Å²) in [5.41, 5.74) is 0.441. The van der Waals surface area contributed by atoms with Crippen LogP contribution in [0.5, 0.6) is 0 Å². The maximum Gasteiger partial charge on any atom is 0.327 e. The highest BCUT2D eigenvalue weighted by Gasteiger charge is 2.62. The number of likely N-dealkylation sites (N-methyl/N-ethyl adjacent to an activating group) is 1. The van der Waals surface area contributed by atoms with Gasteiger partial charge in [-0.3, -0.25) is 19.4 Å². The second kappa shape index (κ2) is 9.90. The zero-order valence-electron chi connectivity index (χ0n) is 24.3. The Balaban J connectivity index is 1.23. The van der Waals surface area contributed by atoms with E-state index in [-0.39, 0.29) is 17.4 Å². The van der Waals surface area contributed by atoms with Crippen LogP contribution in [0.15, 0.2) is 30.3 Å². The van der Waals surface area contributed by atoms with Gasteiger partial charge in [-0.25, -0.2) is 4.79 Å². The number of urea groups is 1. The summed E-state index contributed by atoms with van der Waals surface area (Å²) >= 11 is 0. The Bertz CT molecular complexity index is 1100. The van der Waals surface area contributed by atoms with Gasteiger partial charge in [0.2, 0.25) is 5.91 Å². The van der Waals surface area contributed by atoms with E-state index < -0.39 is 5.54 Å². The molecule has 0 radical (unpaired) electrons. The summed E-state index contributed by atoms with van der Waals surface area (Å²) in [4.78, 5) is 48.6. The van der Waals surface area contributed by atoms with Gasteiger partial charge in [0.1, 0.15) is 5.54 Å². The first-order chi connectivity index (χ1) is 18.6. The second-order valence-electron chi connectivity index (χ2n) is 13.9. The van der Waals surface area contributed by atoms with E-state index >= 15 is 0 Å². The van der Waals surface area contributed by atoms with Crippen LogP contribution < -0.4 is 0 Å². The molecule has 1 saturated carbocycles. The number of likely N-dealkylation sites (tertiary alicyclic amines) is 1. The van der Waals surface area contributed by atoms with Crippen LogP contribution in [0, 0.1) is 17.3 Å². The van der Waals surface area contributed by atoms with Crippen molar-refractivity contribution in [1.82, 2.24) is 19.6 Å². The number of carbonyl (C=O) groups is 3. The number of imide groups is 1. The Kier molecular flexibility index (Phi) is 6.80. The molecule has 5 aliphatic rings. The Labute approximate surface area is 233 Å². The molecule has 6 rings (SSSR count). The van der Waals surface area contributed by atoms with Crippen LogP contribution in [0.4, 0.5) is 4.79 Å². The van der Waals surface area contributed by atoms with Gasteiger partial charge in [0.05, 0.1) is 0 Å². The van der Waals surface area contributed by atoms with E-state index in [9.17, 15) is 14.4 Å². The molecule has 4 heterocycles. The van der Waals surface area contributed by atoms with Crippen molar-refractivity contribution in [2.75, 3.05) is 33.2 Å². The molecule has 7 heteroatoms. The molecule has 0 aromatic heterocycles. The smallest absolute Gasteiger partial charge is 0.327 e. The molecule has 0 N–H and O–H groups in total. The number of carbonyl (C=O) groups excluding carboxylic acids is 3. The molecule has 4 aliphatic heterocycles. The summed E-state index contributed by atoms with van der Waals surface area (Å²) in [5.74, 6) is 1.36. The number of fused-ring (bicyclic) bond motifs is 2. The molecular weight excluding hydrogens is 488 g/mol. The monoisotopic (exact) mass is 534 g/mol. The second-order valence-corrected chi connectivity index (χ2v) is 13.9. The van der Waals surface area contributed by atoms with Crippen LogP contribution in [-0.2, 0) is 9.59 Å². The van der Waals surface area contributed by atoms with Gasteiger partial charge in [-0.2, -0.15) is 0 Å². The Morgan fingerprint density at radius 2 is 1.64 bits per heavy atom. The van der Waals surface area contributed by atoms with E-state index in [4.69, 9.17) is 0 Å². The highest BCUT2D eigenvalue weighted by molar-refractivity contribution is 6.07. The third-order valence-corrected chi connectivity index (χ3v) is 10.8. The van der Waals surface area contributed by atoms with E-state index in [0.29, 0.717) is 42.3 Å². The molecule has 2 unspecified atom stereocenters. The van der Waals surface area contributed by atoms with Crippen molar-refractivity contribution in [2.45, 2.75) is 95.7 Å². The van der Waals surface area contributed by atoms with Crippen molar-refractivity contribution >= 4 is 17.8 Å². The number of benzene rings is 1. The normalized spacial score (nSPS) is 34.3. The predicted molar refractivity (Wildman–Crippen MR) is 151 cm³/mol. The molecule has 2 bridgehead atoms. The molecule has 212 valence electrons. The minimum Gasteiger partial charge on any atom is -0.341 e. The van der Waals surface area contributed by atoms with Crippen molar-refractivity contribution < 1.29 is 14.4 Å². The Hall–Kier alpha value is -2.41. The molecule has 5 fully saturated rings. The molecule has 1 spiro atoms. The lowest BCUT2D eigenvalue weighted by molar-refractivity contribution is -0.140. The van der Waals surface area contributed by atoms with Crippen molar-refractivity contribution in [3.05, 3.63) is 35.9 Å². The maximum atomic E-state index is 13.7. The number of amides is 4. The highest BCUT2D eigenvalue weighted by atomic mass is 16.2. The fraction of sp³-hybridized carbons (Fsp3) is 0.719. The van der Waals surface area contributed by atoms with E-state index in [1.807, 2.05) is 4.90 Å². The maximum absolute atomic E-state index is 13.7. The van der Waals surface area contributed by atoms with Gasteiger partial charge in [-0.1, -0.05) is 63.9 Å². The van der Waals surface area contributed by atoms with E-state index in [2.05, 4.69) is 60.9 Å². The Morgan fingerprint density at radius 3 is 2.26 bits per heavy atom. The van der Waals surface area contributed by atoms with E-state index in [1.54, 1.807) is 7.05 Å². The summed E-state index contributed by atoms with van der Waals surface area (Å²) < 4.78 is 0. The van der Waals surface area contributed by atoms with Gasteiger partial charge < -0.3 is 9.80 Å². The summed E-state index contributed by atoms with van der Waals surface area (Å²) in [7, 11) is 1.65. The molecule has 39 heavy (non-hydrogen) atoms. The minimum absolute atomic E-state index is 0.00527. The Morgan fingerprint density at radius 1 is 1.00 bits per heavy atom. The van der Waals surface area contributed by atoms with Crippen molar-refractivity contribution in [3.8, 4) is 0 Å². The van der Waals surface area contributed by atoms with Gasteiger partial charge >= 0.3 is 6.03 Å². The molecule has 4 amide bonds. The molecule has 7 nitrogen and oxygen atoms in total. The van der Waals surface area contributed by atoms with Gasteiger partial charge in [0.25, 0.3) is 5.91 Å². The lowest BCUT2D eigenvalue weighted by atomic mass is 9.80. The van der Waals surface area contributed by atoms with Crippen LogP contribution in [0.2, 0.25) is 0 Å². The summed E-state index contributed by atoms with van der Waals surface area (Å²) in [6.45, 7) is 9.62. The van der Waals surface area contributed by atoms with Gasteiger partial charge in [0, 0.05) is 56.6 Å². The highest BCUT2D eigenvalue weighted by Crippen LogP contribution is 2.49. The van der Waals surface area contributed by atoms with E-state index in [0.717, 1.165) is 71.0 Å². The van der Waals surface area contributed by atoms with Crippen LogP contribution in [0.3, 0.4) is 0 Å². The van der Waals surface area contributed by atoms with Gasteiger partial charge in [-0.15, -0.1) is 0 Å². The third-order valence-electron chi connectivity index (χ3n) is 10.8. The first-order valence-corrected chi connectivity index (χ1v) is 15.3. The fourth-order valence-electron chi connectivity index (χ4n) is 8.83. The number of hydrogen-bond acceptors (Lipinski definition) is 4. The van der Waals surface area contributed by atoms with E-state index in [1.165, 1.54) is 10.5 Å². The lowest BCUT2D eigenvalue weighted by Gasteiger charge is -2.48. The van der Waals surface area contributed by atoms with Crippen LogP contribution >= 0.6 is 0 Å². The molecule has 4 saturated heterocycles. The zero-order valence-corrected chi connectivity index (χ0v) is 24.3. The summed E-state index contributed by atoms with van der Waals surface area (Å²) in [6.07, 6.45) is 7.95. The molecular formula is C32H46N4O3. The van der Waals surface area contributed by atoms with Gasteiger partial charge in [0.15, 0.2) is 0 Å². The predicted octanol–water partition coefficient (Wildman–Crippen LogP) is 4.72. The third kappa shape index (κ3) is 4.39. The fourth-order valence-corrected chi connectivity index (χ4v) is 8.83. The zero-order chi connectivity index (χ0) is 27.5. The number of piperidine rings is 1. The van der Waals surface area contributed by atoms with Crippen molar-refractivity contribution in [1.29, 1.82) is 0 Å². The number of nitrogens with zero attached hydrogens (tertiary/aromatic N) is 4. The standard InChI is InChI=1S/C32H46N4O3/c1-22(2)18-36-30(39)33(4)29(38)32(36)16-25-12-13-26(17-32)35(25)20-24-19-34(28(37)31(3)14-8-9-15-31)21-27(24)23-10-6-5-7-11-23/h5-7,10-11,22,24-27H,8-9,12-21H2,1-4H3/t24-,25?,26?,27-,32?/m1/s1. The number of hydrogen-bond donors (Lipinski definition) is 0. The summed E-state index contributed by atoms with van der Waals surface area (Å²) in [6, 6.07) is 11.2. The average molecular weight is 535 g/mol. The summed E-state index contributed by atoms with van der Waals surface area (Å²) in [5, 5.41) is 0. The van der Waals surface area contributed by atoms with Crippen LogP contribution in [0.25, 0.3) is 0 Å².